The summed E-state index contributed by atoms with van der Waals surface area (Å²) in [4.78, 5) is 0. The third-order valence-electron chi connectivity index (χ3n) is 2.03. The van der Waals surface area contributed by atoms with Crippen molar-refractivity contribution in [1.29, 1.82) is 0 Å². The van der Waals surface area contributed by atoms with Crippen molar-refractivity contribution in [3.63, 3.8) is 0 Å². The second kappa shape index (κ2) is 6.85. The molecule has 0 heterocycles. The lowest BCUT2D eigenvalue weighted by molar-refractivity contribution is 0.500. The van der Waals surface area contributed by atoms with E-state index in [-0.39, 0.29) is 7.92 Å². The van der Waals surface area contributed by atoms with Crippen LogP contribution in [0.5, 0.6) is 0 Å². The highest BCUT2D eigenvalue weighted by molar-refractivity contribution is 7.59. The number of hydrogen-bond acceptors (Lipinski definition) is 0. The predicted molar refractivity (Wildman–Crippen MR) is 56.6 cm³/mol. The highest BCUT2D eigenvalue weighted by atomic mass is 31.1. The van der Waals surface area contributed by atoms with Gasteiger partial charge in [0.15, 0.2) is 0 Å². The monoisotopic (exact) mass is 172 g/mol. The molecule has 0 bridgehead atoms. The summed E-state index contributed by atoms with van der Waals surface area (Å²) in [5, 5.41) is 0. The lowest BCUT2D eigenvalue weighted by Gasteiger charge is -2.07. The highest BCUT2D eigenvalue weighted by Crippen LogP contribution is 2.26. The molecule has 0 aromatic heterocycles. The maximum absolute atomic E-state index is 2.37. The SMILES string of the molecule is CCC(CC)CC=CP(C)C. The summed E-state index contributed by atoms with van der Waals surface area (Å²) in [6, 6.07) is 0. The van der Waals surface area contributed by atoms with Gasteiger partial charge in [-0.3, -0.25) is 0 Å². The van der Waals surface area contributed by atoms with Crippen LogP contribution >= 0.6 is 7.92 Å². The van der Waals surface area contributed by atoms with E-state index < -0.39 is 0 Å². The minimum Gasteiger partial charge on any atom is -0.0900 e. The Morgan fingerprint density at radius 1 is 1.18 bits per heavy atom. The Balaban J connectivity index is 3.49. The summed E-state index contributed by atoms with van der Waals surface area (Å²) in [7, 11) is 0.178. The molecule has 0 aliphatic carbocycles. The van der Waals surface area contributed by atoms with Crippen LogP contribution in [0.3, 0.4) is 0 Å². The first-order valence-corrected chi connectivity index (χ1v) is 6.84. The van der Waals surface area contributed by atoms with E-state index in [1.165, 1.54) is 19.3 Å². The maximum atomic E-state index is 2.37. The van der Waals surface area contributed by atoms with E-state index in [1.807, 2.05) is 0 Å². The van der Waals surface area contributed by atoms with E-state index in [2.05, 4.69) is 39.1 Å². The standard InChI is InChI=1S/C10H21P/c1-5-10(6-2)8-7-9-11(3)4/h7,9-10H,5-6,8H2,1-4H3. The largest absolute Gasteiger partial charge is 0.0900 e. The van der Waals surface area contributed by atoms with Gasteiger partial charge in [-0.1, -0.05) is 46.5 Å². The van der Waals surface area contributed by atoms with Gasteiger partial charge in [0.25, 0.3) is 0 Å². The van der Waals surface area contributed by atoms with Gasteiger partial charge in [0.05, 0.1) is 0 Å². The van der Waals surface area contributed by atoms with Gasteiger partial charge in [-0.2, -0.15) is 0 Å². The van der Waals surface area contributed by atoms with Gasteiger partial charge < -0.3 is 0 Å². The molecule has 0 fully saturated rings. The molecule has 11 heavy (non-hydrogen) atoms. The van der Waals surface area contributed by atoms with Crippen LogP contribution in [0.25, 0.3) is 0 Å². The minimum absolute atomic E-state index is 0.178. The quantitative estimate of drug-likeness (QED) is 0.548. The van der Waals surface area contributed by atoms with Crippen molar-refractivity contribution in [1.82, 2.24) is 0 Å². The van der Waals surface area contributed by atoms with Crippen molar-refractivity contribution in [3.05, 3.63) is 11.9 Å². The Morgan fingerprint density at radius 2 is 1.73 bits per heavy atom. The molecule has 66 valence electrons. The molecule has 0 aromatic rings. The summed E-state index contributed by atoms with van der Waals surface area (Å²) in [6.07, 6.45) is 6.30. The fraction of sp³-hybridized carbons (Fsp3) is 0.800. The van der Waals surface area contributed by atoms with Gasteiger partial charge in [0, 0.05) is 0 Å². The van der Waals surface area contributed by atoms with E-state index in [0.717, 1.165) is 5.92 Å². The van der Waals surface area contributed by atoms with Crippen molar-refractivity contribution >= 4 is 7.92 Å². The summed E-state index contributed by atoms with van der Waals surface area (Å²) < 4.78 is 0. The average molecular weight is 172 g/mol. The summed E-state index contributed by atoms with van der Waals surface area (Å²) >= 11 is 0. The van der Waals surface area contributed by atoms with Crippen LogP contribution in [0.15, 0.2) is 11.9 Å². The Hall–Kier alpha value is 0.170. The van der Waals surface area contributed by atoms with Gasteiger partial charge in [0.1, 0.15) is 0 Å². The van der Waals surface area contributed by atoms with Gasteiger partial charge >= 0.3 is 0 Å². The van der Waals surface area contributed by atoms with Gasteiger partial charge in [0.2, 0.25) is 0 Å². The number of allylic oxidation sites excluding steroid dienone is 1. The number of rotatable bonds is 5. The molecule has 0 saturated heterocycles. The zero-order valence-electron chi connectivity index (χ0n) is 8.30. The van der Waals surface area contributed by atoms with Gasteiger partial charge in [-0.25, -0.2) is 0 Å². The predicted octanol–water partition coefficient (Wildman–Crippen LogP) is 4.07. The first kappa shape index (κ1) is 11.2. The zero-order chi connectivity index (χ0) is 8.69. The first-order chi connectivity index (χ1) is 5.20. The molecule has 0 amide bonds. The van der Waals surface area contributed by atoms with Gasteiger partial charge in [-0.15, -0.1) is 0 Å². The molecule has 1 heteroatoms. The third kappa shape index (κ3) is 6.56. The zero-order valence-corrected chi connectivity index (χ0v) is 9.20. The highest BCUT2D eigenvalue weighted by Gasteiger charge is 1.98. The fourth-order valence-electron chi connectivity index (χ4n) is 1.09. The Morgan fingerprint density at radius 3 is 2.09 bits per heavy atom. The molecule has 0 rings (SSSR count). The number of hydrogen-bond donors (Lipinski definition) is 0. The van der Waals surface area contributed by atoms with Crippen molar-refractivity contribution in [2.45, 2.75) is 33.1 Å². The van der Waals surface area contributed by atoms with Crippen molar-refractivity contribution in [3.8, 4) is 0 Å². The Kier molecular flexibility index (Phi) is 6.96. The second-order valence-electron chi connectivity index (χ2n) is 3.27. The van der Waals surface area contributed by atoms with E-state index >= 15 is 0 Å². The molecule has 0 aliphatic rings. The normalized spacial score (nSPS) is 12.2. The molecule has 0 unspecified atom stereocenters. The van der Waals surface area contributed by atoms with Gasteiger partial charge in [-0.05, 0) is 25.7 Å². The average Bonchev–Trinajstić information content (AvgIpc) is 1.98. The van der Waals surface area contributed by atoms with Crippen LogP contribution in [-0.2, 0) is 0 Å². The third-order valence-corrected chi connectivity index (χ3v) is 2.83. The van der Waals surface area contributed by atoms with E-state index in [1.54, 1.807) is 0 Å². The summed E-state index contributed by atoms with van der Waals surface area (Å²) in [5.41, 5.74) is 0. The molecule has 0 saturated carbocycles. The molecular weight excluding hydrogens is 151 g/mol. The molecule has 0 aliphatic heterocycles. The van der Waals surface area contributed by atoms with Crippen LogP contribution < -0.4 is 0 Å². The topological polar surface area (TPSA) is 0 Å². The van der Waals surface area contributed by atoms with Crippen molar-refractivity contribution in [2.75, 3.05) is 13.3 Å². The van der Waals surface area contributed by atoms with Crippen LogP contribution in [0, 0.1) is 5.92 Å². The molecular formula is C10H21P. The second-order valence-corrected chi connectivity index (χ2v) is 5.49. The van der Waals surface area contributed by atoms with Crippen LogP contribution in [0.1, 0.15) is 33.1 Å². The summed E-state index contributed by atoms with van der Waals surface area (Å²) in [6.45, 7) is 9.14. The molecule has 0 aromatic carbocycles. The lowest BCUT2D eigenvalue weighted by Crippen LogP contribution is -1.93. The first-order valence-electron chi connectivity index (χ1n) is 4.53. The van der Waals surface area contributed by atoms with E-state index in [4.69, 9.17) is 0 Å². The molecule has 0 spiro atoms. The van der Waals surface area contributed by atoms with E-state index in [0.29, 0.717) is 0 Å². The van der Waals surface area contributed by atoms with Crippen LogP contribution in [0.2, 0.25) is 0 Å². The molecule has 0 atom stereocenters. The molecule has 0 radical (unpaired) electrons. The Bertz CT molecular complexity index is 101. The Labute approximate surface area is 72.8 Å². The summed E-state index contributed by atoms with van der Waals surface area (Å²) in [5.74, 6) is 3.29. The molecule has 0 nitrogen and oxygen atoms in total. The smallest absolute Gasteiger partial charge is 0.0319 e. The minimum atomic E-state index is 0.178. The van der Waals surface area contributed by atoms with Crippen LogP contribution in [-0.4, -0.2) is 13.3 Å². The fourth-order valence-corrected chi connectivity index (χ4v) is 1.63. The lowest BCUT2D eigenvalue weighted by atomic mass is 10.00. The van der Waals surface area contributed by atoms with Crippen LogP contribution in [0.4, 0.5) is 0 Å². The van der Waals surface area contributed by atoms with Crippen molar-refractivity contribution in [2.24, 2.45) is 5.92 Å². The maximum Gasteiger partial charge on any atom is -0.0319 e. The molecule has 0 N–H and O–H groups in total. The van der Waals surface area contributed by atoms with Crippen molar-refractivity contribution < 1.29 is 0 Å². The van der Waals surface area contributed by atoms with E-state index in [9.17, 15) is 0 Å².